The number of rotatable bonds is 5. The van der Waals surface area contributed by atoms with Crippen LogP contribution in [-0.2, 0) is 11.2 Å². The van der Waals surface area contributed by atoms with Gasteiger partial charge in [0.15, 0.2) is 0 Å². The molecule has 4 N–H and O–H groups in total. The number of aromatic hydroxyl groups is 1. The first-order valence-corrected chi connectivity index (χ1v) is 8.24. The third-order valence-electron chi connectivity index (χ3n) is 3.79. The maximum Gasteiger partial charge on any atom is 0.237 e. The zero-order chi connectivity index (χ0) is 14.5. The zero-order valence-electron chi connectivity index (χ0n) is 11.7. The van der Waals surface area contributed by atoms with Gasteiger partial charge < -0.3 is 16.2 Å². The summed E-state index contributed by atoms with van der Waals surface area (Å²) in [6.07, 6.45) is 5.86. The van der Waals surface area contributed by atoms with Crippen molar-refractivity contribution < 1.29 is 9.90 Å². The van der Waals surface area contributed by atoms with Crippen molar-refractivity contribution in [2.45, 2.75) is 43.0 Å². The van der Waals surface area contributed by atoms with Crippen molar-refractivity contribution in [3.63, 3.8) is 0 Å². The maximum atomic E-state index is 12.1. The number of carbonyl (C=O) groups excluding carboxylic acids is 1. The van der Waals surface area contributed by atoms with Crippen LogP contribution >= 0.6 is 11.8 Å². The minimum atomic E-state index is -0.534. The van der Waals surface area contributed by atoms with Crippen LogP contribution in [-0.4, -0.2) is 34.6 Å². The first-order chi connectivity index (χ1) is 9.58. The van der Waals surface area contributed by atoms with Gasteiger partial charge in [0.05, 0.1) is 6.04 Å². The van der Waals surface area contributed by atoms with Crippen LogP contribution in [0.4, 0.5) is 0 Å². The number of hydrogen-bond acceptors (Lipinski definition) is 4. The quantitative estimate of drug-likeness (QED) is 0.772. The minimum Gasteiger partial charge on any atom is -0.508 e. The number of thioether (sulfide) groups is 1. The van der Waals surface area contributed by atoms with Crippen molar-refractivity contribution in [3.8, 4) is 5.75 Å². The lowest BCUT2D eigenvalue weighted by atomic mass is 10.1. The summed E-state index contributed by atoms with van der Waals surface area (Å²) in [7, 11) is 0. The predicted molar refractivity (Wildman–Crippen MR) is 82.9 cm³/mol. The average molecular weight is 294 g/mol. The van der Waals surface area contributed by atoms with Crippen LogP contribution in [0, 0.1) is 0 Å². The number of phenolic OH excluding ortho intramolecular Hbond substituents is 1. The highest BCUT2D eigenvalue weighted by molar-refractivity contribution is 7.99. The van der Waals surface area contributed by atoms with Gasteiger partial charge in [-0.05, 0) is 49.6 Å². The van der Waals surface area contributed by atoms with Gasteiger partial charge in [-0.15, -0.1) is 0 Å². The molecule has 0 saturated heterocycles. The van der Waals surface area contributed by atoms with Gasteiger partial charge in [0.25, 0.3) is 0 Å². The van der Waals surface area contributed by atoms with Crippen LogP contribution in [0.3, 0.4) is 0 Å². The highest BCUT2D eigenvalue weighted by Gasteiger charge is 2.26. The summed E-state index contributed by atoms with van der Waals surface area (Å²) in [5.41, 5.74) is 6.91. The van der Waals surface area contributed by atoms with E-state index in [0.717, 1.165) is 18.4 Å². The minimum absolute atomic E-state index is 0.0789. The summed E-state index contributed by atoms with van der Waals surface area (Å²) in [5, 5.41) is 12.9. The van der Waals surface area contributed by atoms with Crippen LogP contribution in [0.2, 0.25) is 0 Å². The van der Waals surface area contributed by atoms with Crippen LogP contribution in [0.5, 0.6) is 5.75 Å². The van der Waals surface area contributed by atoms with E-state index < -0.39 is 6.04 Å². The standard InChI is InChI=1S/C15H22N2O2S/c1-20-13-7-4-11(9-13)17-15(19)14(16)8-10-2-5-12(18)6-3-10/h2-3,5-6,11,13-14,18H,4,7-9,16H2,1H3,(H,17,19)/t11?,13?,14-/m0/s1. The van der Waals surface area contributed by atoms with Crippen molar-refractivity contribution in [3.05, 3.63) is 29.8 Å². The molecule has 1 aromatic rings. The highest BCUT2D eigenvalue weighted by atomic mass is 32.2. The number of nitrogens with two attached hydrogens (primary N) is 1. The number of phenols is 1. The number of hydrogen-bond donors (Lipinski definition) is 3. The Morgan fingerprint density at radius 2 is 2.15 bits per heavy atom. The van der Waals surface area contributed by atoms with Crippen molar-refractivity contribution >= 4 is 17.7 Å². The van der Waals surface area contributed by atoms with Gasteiger partial charge in [-0.2, -0.15) is 11.8 Å². The van der Waals surface area contributed by atoms with E-state index >= 15 is 0 Å². The average Bonchev–Trinajstić information content (AvgIpc) is 2.89. The van der Waals surface area contributed by atoms with Gasteiger partial charge in [-0.3, -0.25) is 4.79 Å². The molecule has 5 heteroatoms. The maximum absolute atomic E-state index is 12.1. The number of benzene rings is 1. The Morgan fingerprint density at radius 3 is 2.75 bits per heavy atom. The zero-order valence-corrected chi connectivity index (χ0v) is 12.5. The van der Waals surface area contributed by atoms with Crippen LogP contribution < -0.4 is 11.1 Å². The predicted octanol–water partition coefficient (Wildman–Crippen LogP) is 1.66. The van der Waals surface area contributed by atoms with E-state index in [0.29, 0.717) is 11.7 Å². The lowest BCUT2D eigenvalue weighted by Gasteiger charge is -2.17. The Morgan fingerprint density at radius 1 is 1.45 bits per heavy atom. The molecule has 2 unspecified atom stereocenters. The first kappa shape index (κ1) is 15.2. The summed E-state index contributed by atoms with van der Waals surface area (Å²) in [6, 6.07) is 6.54. The van der Waals surface area contributed by atoms with Crippen LogP contribution in [0.1, 0.15) is 24.8 Å². The van der Waals surface area contributed by atoms with Gasteiger partial charge >= 0.3 is 0 Å². The van der Waals surface area contributed by atoms with E-state index in [1.165, 1.54) is 6.42 Å². The number of nitrogens with one attached hydrogen (secondary N) is 1. The molecule has 0 spiro atoms. The third-order valence-corrected chi connectivity index (χ3v) is 4.89. The summed E-state index contributed by atoms with van der Waals surface area (Å²) in [4.78, 5) is 12.1. The van der Waals surface area contributed by atoms with E-state index in [4.69, 9.17) is 5.73 Å². The summed E-state index contributed by atoms with van der Waals surface area (Å²) >= 11 is 1.87. The lowest BCUT2D eigenvalue weighted by molar-refractivity contribution is -0.123. The fourth-order valence-electron chi connectivity index (χ4n) is 2.57. The van der Waals surface area contributed by atoms with Gasteiger partial charge in [-0.1, -0.05) is 12.1 Å². The Balaban J connectivity index is 1.81. The van der Waals surface area contributed by atoms with Crippen molar-refractivity contribution in [2.24, 2.45) is 5.73 Å². The third kappa shape index (κ3) is 4.15. The van der Waals surface area contributed by atoms with Gasteiger partial charge in [0, 0.05) is 11.3 Å². The SMILES string of the molecule is CSC1CCC(NC(=O)[C@@H](N)Cc2ccc(O)cc2)C1. The molecule has 1 amide bonds. The second-order valence-electron chi connectivity index (χ2n) is 5.35. The molecule has 1 fully saturated rings. The van der Waals surface area contributed by atoms with Crippen LogP contribution in [0.25, 0.3) is 0 Å². The van der Waals surface area contributed by atoms with Gasteiger partial charge in [0.1, 0.15) is 5.75 Å². The fourth-order valence-corrected chi connectivity index (χ4v) is 3.37. The Kier molecular flexibility index (Phi) is 5.31. The molecule has 0 aliphatic heterocycles. The molecule has 3 atom stereocenters. The van der Waals surface area contributed by atoms with E-state index in [1.807, 2.05) is 11.8 Å². The molecule has 110 valence electrons. The van der Waals surface area contributed by atoms with Crippen molar-refractivity contribution in [2.75, 3.05) is 6.26 Å². The highest BCUT2D eigenvalue weighted by Crippen LogP contribution is 2.28. The van der Waals surface area contributed by atoms with Gasteiger partial charge in [0.2, 0.25) is 5.91 Å². The summed E-state index contributed by atoms with van der Waals surface area (Å²) < 4.78 is 0. The Hall–Kier alpha value is -1.20. The molecule has 1 saturated carbocycles. The van der Waals surface area contributed by atoms with E-state index in [9.17, 15) is 9.90 Å². The van der Waals surface area contributed by atoms with Crippen molar-refractivity contribution in [1.29, 1.82) is 0 Å². The smallest absolute Gasteiger partial charge is 0.237 e. The molecule has 1 aromatic carbocycles. The van der Waals surface area contributed by atoms with Crippen LogP contribution in [0.15, 0.2) is 24.3 Å². The monoisotopic (exact) mass is 294 g/mol. The molecule has 0 aromatic heterocycles. The van der Waals surface area contributed by atoms with Gasteiger partial charge in [-0.25, -0.2) is 0 Å². The molecule has 1 aliphatic carbocycles. The molecule has 20 heavy (non-hydrogen) atoms. The second kappa shape index (κ2) is 6.99. The molecular formula is C15H22N2O2S. The van der Waals surface area contributed by atoms with E-state index in [-0.39, 0.29) is 17.7 Å². The first-order valence-electron chi connectivity index (χ1n) is 6.95. The topological polar surface area (TPSA) is 75.4 Å². The molecule has 0 bridgehead atoms. The Bertz CT molecular complexity index is 450. The fraction of sp³-hybridized carbons (Fsp3) is 0.533. The second-order valence-corrected chi connectivity index (χ2v) is 6.49. The molecule has 4 nitrogen and oxygen atoms in total. The molecule has 2 rings (SSSR count). The van der Waals surface area contributed by atoms with E-state index in [2.05, 4.69) is 11.6 Å². The summed E-state index contributed by atoms with van der Waals surface area (Å²) in [6.45, 7) is 0. The number of amides is 1. The molecular weight excluding hydrogens is 272 g/mol. The molecule has 1 aliphatic rings. The normalized spacial score (nSPS) is 23.5. The molecule has 0 radical (unpaired) electrons. The number of carbonyl (C=O) groups is 1. The largest absolute Gasteiger partial charge is 0.508 e. The summed E-state index contributed by atoms with van der Waals surface area (Å²) in [5.74, 6) is 0.144. The Labute approximate surface area is 124 Å². The van der Waals surface area contributed by atoms with E-state index in [1.54, 1.807) is 24.3 Å². The lowest BCUT2D eigenvalue weighted by Crippen LogP contribution is -2.45. The molecule has 0 heterocycles. The van der Waals surface area contributed by atoms with Crippen molar-refractivity contribution in [1.82, 2.24) is 5.32 Å².